The van der Waals surface area contributed by atoms with E-state index in [1.165, 1.54) is 12.1 Å². The molecule has 0 fully saturated rings. The van der Waals surface area contributed by atoms with E-state index >= 15 is 0 Å². The Morgan fingerprint density at radius 3 is 2.27 bits per heavy atom. The molecule has 1 aromatic rings. The van der Waals surface area contributed by atoms with Gasteiger partial charge in [0.05, 0.1) is 4.92 Å². The second-order valence-electron chi connectivity index (χ2n) is 1.71. The standard InChI is InChI=1S/C6H4ClNO2.Na.H/c7-5-3-1-2-4-6(5)8(9)10;;/h1-4H;;. The predicted octanol–water partition coefficient (Wildman–Crippen LogP) is 1.60. The third-order valence-electron chi connectivity index (χ3n) is 1.05. The number of nitrogens with zero attached hydrogens (tertiary/aromatic N) is 1. The van der Waals surface area contributed by atoms with Crippen LogP contribution in [0.1, 0.15) is 0 Å². The Hall–Kier alpha value is -0.0900. The maximum absolute atomic E-state index is 10.1. The van der Waals surface area contributed by atoms with Gasteiger partial charge in [-0.05, 0) is 6.07 Å². The Morgan fingerprint density at radius 1 is 1.36 bits per heavy atom. The van der Waals surface area contributed by atoms with Crippen molar-refractivity contribution in [2.45, 2.75) is 0 Å². The van der Waals surface area contributed by atoms with E-state index in [2.05, 4.69) is 0 Å². The third-order valence-corrected chi connectivity index (χ3v) is 1.37. The minimum absolute atomic E-state index is 0. The summed E-state index contributed by atoms with van der Waals surface area (Å²) in [4.78, 5) is 9.63. The van der Waals surface area contributed by atoms with Crippen LogP contribution in [0.5, 0.6) is 0 Å². The molecule has 0 N–H and O–H groups in total. The number of hydrogen-bond acceptors (Lipinski definition) is 2. The van der Waals surface area contributed by atoms with E-state index < -0.39 is 4.92 Å². The van der Waals surface area contributed by atoms with Gasteiger partial charge in [0.2, 0.25) is 0 Å². The zero-order valence-corrected chi connectivity index (χ0v) is 5.71. The molecule has 0 bridgehead atoms. The second kappa shape index (κ2) is 4.72. The van der Waals surface area contributed by atoms with Crippen molar-refractivity contribution in [2.24, 2.45) is 0 Å². The van der Waals surface area contributed by atoms with Crippen LogP contribution in [0, 0.1) is 10.1 Å². The van der Waals surface area contributed by atoms with Crippen molar-refractivity contribution in [3.8, 4) is 0 Å². The number of benzene rings is 1. The summed E-state index contributed by atoms with van der Waals surface area (Å²) in [5, 5.41) is 10.3. The molecule has 0 heterocycles. The van der Waals surface area contributed by atoms with Crippen LogP contribution in [0.25, 0.3) is 0 Å². The predicted molar refractivity (Wildman–Crippen MR) is 45.3 cm³/mol. The Labute approximate surface area is 90.8 Å². The summed E-state index contributed by atoms with van der Waals surface area (Å²) in [7, 11) is 0. The van der Waals surface area contributed by atoms with Crippen LogP contribution in [0.15, 0.2) is 24.3 Å². The van der Waals surface area contributed by atoms with E-state index in [9.17, 15) is 10.1 Å². The monoisotopic (exact) mass is 181 g/mol. The van der Waals surface area contributed by atoms with Crippen LogP contribution in [0.3, 0.4) is 0 Å². The Bertz CT molecular complexity index is 267. The molecule has 0 aromatic heterocycles. The number of para-hydroxylation sites is 1. The fraction of sp³-hybridized carbons (Fsp3) is 0. The molecule has 1 rings (SSSR count). The van der Waals surface area contributed by atoms with Crippen molar-refractivity contribution in [3.05, 3.63) is 39.4 Å². The summed E-state index contributed by atoms with van der Waals surface area (Å²) in [6, 6.07) is 6.07. The van der Waals surface area contributed by atoms with E-state index in [0.717, 1.165) is 0 Å². The SMILES string of the molecule is O=[N+]([O-])c1ccccc1Cl.[NaH]. The Balaban J connectivity index is 0.000001000. The number of nitro benzene ring substituents is 1. The first-order valence-corrected chi connectivity index (χ1v) is 2.98. The van der Waals surface area contributed by atoms with Crippen LogP contribution >= 0.6 is 11.6 Å². The summed E-state index contributed by atoms with van der Waals surface area (Å²) in [6.45, 7) is 0. The first-order chi connectivity index (χ1) is 4.72. The minimum atomic E-state index is -0.512. The molecule has 0 radical (unpaired) electrons. The molecule has 0 aliphatic carbocycles. The van der Waals surface area contributed by atoms with E-state index in [1.807, 2.05) is 0 Å². The molecule has 0 saturated heterocycles. The molecular weight excluding hydrogens is 177 g/mol. The second-order valence-corrected chi connectivity index (χ2v) is 2.12. The van der Waals surface area contributed by atoms with Crippen molar-refractivity contribution < 1.29 is 4.92 Å². The molecule has 1 aromatic carbocycles. The Morgan fingerprint density at radius 2 is 1.91 bits per heavy atom. The van der Waals surface area contributed by atoms with Crippen LogP contribution in [-0.2, 0) is 0 Å². The topological polar surface area (TPSA) is 43.1 Å². The van der Waals surface area contributed by atoms with Crippen molar-refractivity contribution in [1.82, 2.24) is 0 Å². The van der Waals surface area contributed by atoms with Crippen LogP contribution in [-0.4, -0.2) is 34.5 Å². The number of nitro groups is 1. The van der Waals surface area contributed by atoms with Gasteiger partial charge in [-0.3, -0.25) is 10.1 Å². The van der Waals surface area contributed by atoms with Gasteiger partial charge in [0.25, 0.3) is 5.69 Å². The summed E-state index contributed by atoms with van der Waals surface area (Å²) < 4.78 is 0. The van der Waals surface area contributed by atoms with E-state index in [4.69, 9.17) is 11.6 Å². The van der Waals surface area contributed by atoms with Crippen LogP contribution in [0.4, 0.5) is 5.69 Å². The molecule has 3 nitrogen and oxygen atoms in total. The van der Waals surface area contributed by atoms with Gasteiger partial charge in [-0.25, -0.2) is 0 Å². The molecule has 5 heteroatoms. The van der Waals surface area contributed by atoms with Gasteiger partial charge in [0.15, 0.2) is 0 Å². The summed E-state index contributed by atoms with van der Waals surface area (Å²) in [5.74, 6) is 0. The molecule has 0 unspecified atom stereocenters. The van der Waals surface area contributed by atoms with Crippen LogP contribution in [0.2, 0.25) is 5.02 Å². The van der Waals surface area contributed by atoms with Crippen LogP contribution < -0.4 is 0 Å². The summed E-state index contributed by atoms with van der Waals surface area (Å²) >= 11 is 5.48. The fourth-order valence-electron chi connectivity index (χ4n) is 0.600. The molecule has 0 saturated carbocycles. The molecular formula is C6H5ClNNaO2. The average molecular weight is 182 g/mol. The van der Waals surface area contributed by atoms with Gasteiger partial charge < -0.3 is 0 Å². The molecule has 0 amide bonds. The first-order valence-electron chi connectivity index (χ1n) is 2.61. The molecule has 11 heavy (non-hydrogen) atoms. The van der Waals surface area contributed by atoms with Gasteiger partial charge in [0.1, 0.15) is 5.02 Å². The van der Waals surface area contributed by atoms with Gasteiger partial charge in [0, 0.05) is 6.07 Å². The van der Waals surface area contributed by atoms with Gasteiger partial charge in [-0.2, -0.15) is 0 Å². The normalized spacial score (nSPS) is 8.45. The molecule has 0 aliphatic heterocycles. The molecule has 54 valence electrons. The third kappa shape index (κ3) is 2.79. The van der Waals surface area contributed by atoms with Crippen molar-refractivity contribution in [2.75, 3.05) is 0 Å². The van der Waals surface area contributed by atoms with Crippen molar-refractivity contribution >= 4 is 46.8 Å². The van der Waals surface area contributed by atoms with E-state index in [1.54, 1.807) is 12.1 Å². The summed E-state index contributed by atoms with van der Waals surface area (Å²) in [6.07, 6.45) is 0. The van der Waals surface area contributed by atoms with Crippen molar-refractivity contribution in [1.29, 1.82) is 0 Å². The zero-order chi connectivity index (χ0) is 7.56. The Kier molecular flexibility index (Phi) is 4.68. The number of hydrogen-bond donors (Lipinski definition) is 0. The summed E-state index contributed by atoms with van der Waals surface area (Å²) in [5.41, 5.74) is -0.0517. The molecule has 0 aliphatic rings. The maximum atomic E-state index is 10.1. The fourth-order valence-corrected chi connectivity index (χ4v) is 0.805. The molecule has 0 atom stereocenters. The zero-order valence-electron chi connectivity index (χ0n) is 4.95. The average Bonchev–Trinajstić information content (AvgIpc) is 1.88. The van der Waals surface area contributed by atoms with Crippen molar-refractivity contribution in [3.63, 3.8) is 0 Å². The van der Waals surface area contributed by atoms with Gasteiger partial charge in [-0.15, -0.1) is 0 Å². The van der Waals surface area contributed by atoms with Gasteiger partial charge >= 0.3 is 29.6 Å². The quantitative estimate of drug-likeness (QED) is 0.375. The first kappa shape index (κ1) is 10.9. The molecule has 0 spiro atoms. The number of rotatable bonds is 1. The number of halogens is 1. The van der Waals surface area contributed by atoms with E-state index in [-0.39, 0.29) is 40.3 Å². The van der Waals surface area contributed by atoms with Gasteiger partial charge in [-0.1, -0.05) is 23.7 Å². The van der Waals surface area contributed by atoms with E-state index in [0.29, 0.717) is 0 Å².